The summed E-state index contributed by atoms with van der Waals surface area (Å²) in [6.45, 7) is 4.66. The van der Waals surface area contributed by atoms with Crippen molar-refractivity contribution in [3.8, 4) is 16.9 Å². The second-order valence-corrected chi connectivity index (χ2v) is 5.74. The van der Waals surface area contributed by atoms with Crippen molar-refractivity contribution in [1.82, 2.24) is 4.90 Å². The van der Waals surface area contributed by atoms with Crippen molar-refractivity contribution in [1.29, 1.82) is 0 Å². The summed E-state index contributed by atoms with van der Waals surface area (Å²) in [5.41, 5.74) is 7.96. The van der Waals surface area contributed by atoms with Crippen LogP contribution < -0.4 is 10.5 Å². The standard InChI is InChI=1S/C19H22N2O3/c20-19(22)17-7-6-16(15-4-2-1-3-5-15)14-18(17)24-13-10-21-8-11-23-12-9-21/h1-7,14H,8-13H2,(H2,20,22). The summed E-state index contributed by atoms with van der Waals surface area (Å²) in [6, 6.07) is 15.5. The molecule has 5 nitrogen and oxygen atoms in total. The predicted octanol–water partition coefficient (Wildman–Crippen LogP) is 2.16. The molecule has 0 unspecified atom stereocenters. The maximum atomic E-state index is 11.6. The van der Waals surface area contributed by atoms with E-state index in [1.807, 2.05) is 42.5 Å². The highest BCUT2D eigenvalue weighted by atomic mass is 16.5. The van der Waals surface area contributed by atoms with Crippen LogP contribution in [0.3, 0.4) is 0 Å². The van der Waals surface area contributed by atoms with Crippen molar-refractivity contribution in [3.05, 3.63) is 54.1 Å². The molecule has 2 aromatic carbocycles. The van der Waals surface area contributed by atoms with Crippen LogP contribution in [0.15, 0.2) is 48.5 Å². The van der Waals surface area contributed by atoms with Crippen LogP contribution in [-0.2, 0) is 4.74 Å². The van der Waals surface area contributed by atoms with E-state index < -0.39 is 5.91 Å². The fourth-order valence-corrected chi connectivity index (χ4v) is 2.76. The Morgan fingerprint density at radius 2 is 1.83 bits per heavy atom. The molecule has 1 aliphatic rings. The Morgan fingerprint density at radius 3 is 2.54 bits per heavy atom. The van der Waals surface area contributed by atoms with Crippen molar-refractivity contribution in [2.45, 2.75) is 0 Å². The van der Waals surface area contributed by atoms with E-state index in [0.29, 0.717) is 17.9 Å². The van der Waals surface area contributed by atoms with Gasteiger partial charge in [0.1, 0.15) is 12.4 Å². The lowest BCUT2D eigenvalue weighted by Gasteiger charge is -2.26. The monoisotopic (exact) mass is 326 g/mol. The third kappa shape index (κ3) is 4.13. The van der Waals surface area contributed by atoms with Crippen molar-refractivity contribution < 1.29 is 14.3 Å². The average Bonchev–Trinajstić information content (AvgIpc) is 2.63. The van der Waals surface area contributed by atoms with E-state index in [4.69, 9.17) is 15.2 Å². The van der Waals surface area contributed by atoms with Crippen molar-refractivity contribution in [3.63, 3.8) is 0 Å². The van der Waals surface area contributed by atoms with Crippen LogP contribution in [0.4, 0.5) is 0 Å². The van der Waals surface area contributed by atoms with Crippen LogP contribution in [0.2, 0.25) is 0 Å². The molecule has 1 saturated heterocycles. The molecule has 3 rings (SSSR count). The molecule has 0 bridgehead atoms. The van der Waals surface area contributed by atoms with Crippen LogP contribution >= 0.6 is 0 Å². The zero-order valence-electron chi connectivity index (χ0n) is 13.6. The molecular weight excluding hydrogens is 304 g/mol. The molecule has 0 atom stereocenters. The second-order valence-electron chi connectivity index (χ2n) is 5.74. The van der Waals surface area contributed by atoms with Crippen molar-refractivity contribution in [2.75, 3.05) is 39.5 Å². The maximum Gasteiger partial charge on any atom is 0.252 e. The quantitative estimate of drug-likeness (QED) is 0.883. The van der Waals surface area contributed by atoms with Crippen molar-refractivity contribution in [2.24, 2.45) is 5.73 Å². The molecule has 0 radical (unpaired) electrons. The SMILES string of the molecule is NC(=O)c1ccc(-c2ccccc2)cc1OCCN1CCOCC1. The smallest absolute Gasteiger partial charge is 0.252 e. The Kier molecular flexibility index (Phi) is 5.46. The number of nitrogens with zero attached hydrogens (tertiary/aromatic N) is 1. The summed E-state index contributed by atoms with van der Waals surface area (Å²) in [4.78, 5) is 13.9. The molecule has 126 valence electrons. The van der Waals surface area contributed by atoms with E-state index in [1.54, 1.807) is 6.07 Å². The van der Waals surface area contributed by atoms with Gasteiger partial charge in [-0.2, -0.15) is 0 Å². The van der Waals surface area contributed by atoms with E-state index in [-0.39, 0.29) is 0 Å². The van der Waals surface area contributed by atoms with E-state index in [2.05, 4.69) is 4.90 Å². The lowest BCUT2D eigenvalue weighted by molar-refractivity contribution is 0.0322. The number of carbonyl (C=O) groups is 1. The first-order valence-electron chi connectivity index (χ1n) is 8.16. The van der Waals surface area contributed by atoms with Gasteiger partial charge >= 0.3 is 0 Å². The second kappa shape index (κ2) is 7.95. The molecule has 0 saturated carbocycles. The molecule has 24 heavy (non-hydrogen) atoms. The Balaban J connectivity index is 1.72. The summed E-state index contributed by atoms with van der Waals surface area (Å²) in [6.07, 6.45) is 0. The number of benzene rings is 2. The van der Waals surface area contributed by atoms with Gasteiger partial charge in [0.2, 0.25) is 0 Å². The zero-order chi connectivity index (χ0) is 16.8. The number of primary amides is 1. The van der Waals surface area contributed by atoms with E-state index in [9.17, 15) is 4.79 Å². The fourth-order valence-electron chi connectivity index (χ4n) is 2.76. The minimum absolute atomic E-state index is 0.414. The summed E-state index contributed by atoms with van der Waals surface area (Å²) in [7, 11) is 0. The molecule has 2 N–H and O–H groups in total. The van der Waals surface area contributed by atoms with Gasteiger partial charge in [0, 0.05) is 19.6 Å². The summed E-state index contributed by atoms with van der Waals surface area (Å²) >= 11 is 0. The molecular formula is C19H22N2O3. The molecule has 0 aromatic heterocycles. The number of hydrogen-bond acceptors (Lipinski definition) is 4. The molecule has 2 aromatic rings. The van der Waals surface area contributed by atoms with Crippen LogP contribution in [0.25, 0.3) is 11.1 Å². The van der Waals surface area contributed by atoms with Crippen molar-refractivity contribution >= 4 is 5.91 Å². The van der Waals surface area contributed by atoms with E-state index in [1.165, 1.54) is 0 Å². The van der Waals surface area contributed by atoms with E-state index >= 15 is 0 Å². The van der Waals surface area contributed by atoms with Gasteiger partial charge in [-0.3, -0.25) is 9.69 Å². The lowest BCUT2D eigenvalue weighted by atomic mass is 10.0. The van der Waals surface area contributed by atoms with Crippen LogP contribution in [-0.4, -0.2) is 50.3 Å². The number of ether oxygens (including phenoxy) is 2. The highest BCUT2D eigenvalue weighted by Crippen LogP contribution is 2.27. The molecule has 1 aliphatic heterocycles. The maximum absolute atomic E-state index is 11.6. The van der Waals surface area contributed by atoms with Gasteiger partial charge in [0.05, 0.1) is 18.8 Å². The van der Waals surface area contributed by atoms with Gasteiger partial charge in [-0.15, -0.1) is 0 Å². The van der Waals surface area contributed by atoms with Crippen LogP contribution in [0.1, 0.15) is 10.4 Å². The third-order valence-corrected chi connectivity index (χ3v) is 4.12. The van der Waals surface area contributed by atoms with Gasteiger partial charge in [-0.1, -0.05) is 36.4 Å². The number of rotatable bonds is 6. The molecule has 0 aliphatic carbocycles. The molecule has 0 spiro atoms. The Labute approximate surface area is 142 Å². The molecule has 1 heterocycles. The number of nitrogens with two attached hydrogens (primary N) is 1. The summed E-state index contributed by atoms with van der Waals surface area (Å²) in [5, 5.41) is 0. The number of amides is 1. The molecule has 5 heteroatoms. The first-order chi connectivity index (χ1) is 11.7. The predicted molar refractivity (Wildman–Crippen MR) is 93.1 cm³/mol. The van der Waals surface area contributed by atoms with Crippen LogP contribution in [0, 0.1) is 0 Å². The number of morpholine rings is 1. The van der Waals surface area contributed by atoms with Gasteiger partial charge in [-0.05, 0) is 23.3 Å². The first kappa shape index (κ1) is 16.5. The Hall–Kier alpha value is -2.37. The Morgan fingerprint density at radius 1 is 1.08 bits per heavy atom. The molecule has 1 amide bonds. The molecule has 1 fully saturated rings. The first-order valence-corrected chi connectivity index (χ1v) is 8.16. The number of hydrogen-bond donors (Lipinski definition) is 1. The Bertz CT molecular complexity index is 682. The summed E-state index contributed by atoms with van der Waals surface area (Å²) in [5.74, 6) is 0.0631. The zero-order valence-corrected chi connectivity index (χ0v) is 13.6. The fraction of sp³-hybridized carbons (Fsp3) is 0.316. The van der Waals surface area contributed by atoms with Gasteiger partial charge in [0.15, 0.2) is 0 Å². The summed E-state index contributed by atoms with van der Waals surface area (Å²) < 4.78 is 11.2. The highest BCUT2D eigenvalue weighted by molar-refractivity contribution is 5.96. The van der Waals surface area contributed by atoms with Crippen LogP contribution in [0.5, 0.6) is 5.75 Å². The number of carbonyl (C=O) groups excluding carboxylic acids is 1. The topological polar surface area (TPSA) is 64.8 Å². The van der Waals surface area contributed by atoms with E-state index in [0.717, 1.165) is 44.0 Å². The van der Waals surface area contributed by atoms with Gasteiger partial charge in [0.25, 0.3) is 5.91 Å². The third-order valence-electron chi connectivity index (χ3n) is 4.12. The largest absolute Gasteiger partial charge is 0.491 e. The van der Waals surface area contributed by atoms with Gasteiger partial charge < -0.3 is 15.2 Å². The normalized spacial score (nSPS) is 15.2. The average molecular weight is 326 g/mol. The highest BCUT2D eigenvalue weighted by Gasteiger charge is 2.13. The minimum Gasteiger partial charge on any atom is -0.491 e. The minimum atomic E-state index is -0.476. The lowest BCUT2D eigenvalue weighted by Crippen LogP contribution is -2.38. The van der Waals surface area contributed by atoms with Gasteiger partial charge in [-0.25, -0.2) is 0 Å².